The third-order valence-electron chi connectivity index (χ3n) is 4.64. The molecule has 176 valence electrons. The number of ether oxygens (including phenoxy) is 2. The number of nitrogens with one attached hydrogen (secondary N) is 2. The molecule has 0 unspecified atom stereocenters. The maximum absolute atomic E-state index is 12.1. The second-order valence-electron chi connectivity index (χ2n) is 7.56. The number of benzene rings is 3. The summed E-state index contributed by atoms with van der Waals surface area (Å²) in [7, 11) is 0. The van der Waals surface area contributed by atoms with E-state index in [1.54, 1.807) is 30.3 Å². The van der Waals surface area contributed by atoms with E-state index in [0.717, 1.165) is 10.0 Å². The lowest BCUT2D eigenvalue weighted by molar-refractivity contribution is -0.147. The van der Waals surface area contributed by atoms with Crippen LogP contribution < -0.4 is 15.4 Å². The van der Waals surface area contributed by atoms with E-state index in [2.05, 4.69) is 26.6 Å². The molecule has 2 N–H and O–H groups in total. The van der Waals surface area contributed by atoms with Gasteiger partial charge in [-0.05, 0) is 79.6 Å². The normalized spacial score (nSPS) is 10.3. The summed E-state index contributed by atoms with van der Waals surface area (Å²) in [6.07, 6.45) is 0.516. The van der Waals surface area contributed by atoms with Crippen LogP contribution in [0, 0.1) is 6.92 Å². The monoisotopic (exact) mass is 524 g/mol. The minimum absolute atomic E-state index is 0.0467. The lowest BCUT2D eigenvalue weighted by Crippen LogP contribution is -2.21. The number of rotatable bonds is 10. The van der Waals surface area contributed by atoms with Crippen molar-refractivity contribution in [2.75, 3.05) is 17.2 Å². The standard InChI is InChI=1S/C26H25BrN2O5/c1-18-4-2-5-21(16-18)29-25(31)17-33-26(32)7-3-6-24(30)28-20-10-14-23(15-11-20)34-22-12-8-19(27)9-13-22/h2,4-5,8-16H,3,6-7,17H2,1H3,(H,28,30)(H,29,31). The molecule has 0 atom stereocenters. The second kappa shape index (κ2) is 12.6. The van der Waals surface area contributed by atoms with Gasteiger partial charge in [-0.2, -0.15) is 0 Å². The molecule has 0 aromatic heterocycles. The summed E-state index contributed by atoms with van der Waals surface area (Å²) in [4.78, 5) is 35.9. The van der Waals surface area contributed by atoms with Gasteiger partial charge in [-0.25, -0.2) is 0 Å². The number of aryl methyl sites for hydroxylation is 1. The Labute approximate surface area is 206 Å². The molecule has 0 aliphatic carbocycles. The minimum Gasteiger partial charge on any atom is -0.457 e. The minimum atomic E-state index is -0.526. The van der Waals surface area contributed by atoms with Gasteiger partial charge in [0.05, 0.1) is 0 Å². The molecule has 0 radical (unpaired) electrons. The Morgan fingerprint density at radius 1 is 0.794 bits per heavy atom. The van der Waals surface area contributed by atoms with E-state index in [0.29, 0.717) is 29.3 Å². The molecule has 7 nitrogen and oxygen atoms in total. The van der Waals surface area contributed by atoms with Crippen molar-refractivity contribution < 1.29 is 23.9 Å². The van der Waals surface area contributed by atoms with Crippen LogP contribution in [0.4, 0.5) is 11.4 Å². The molecule has 0 bridgehead atoms. The molecule has 2 amide bonds. The fourth-order valence-corrected chi connectivity index (χ4v) is 3.26. The maximum atomic E-state index is 12.1. The molecule has 0 fully saturated rings. The number of esters is 1. The lowest BCUT2D eigenvalue weighted by atomic mass is 10.2. The summed E-state index contributed by atoms with van der Waals surface area (Å²) in [5, 5.41) is 5.45. The fraction of sp³-hybridized carbons (Fsp3) is 0.192. The summed E-state index contributed by atoms with van der Waals surface area (Å²) in [5.41, 5.74) is 2.28. The van der Waals surface area contributed by atoms with Crippen molar-refractivity contribution in [3.8, 4) is 11.5 Å². The van der Waals surface area contributed by atoms with Crippen LogP contribution in [0.25, 0.3) is 0 Å². The van der Waals surface area contributed by atoms with Gasteiger partial charge in [-0.3, -0.25) is 14.4 Å². The highest BCUT2D eigenvalue weighted by Crippen LogP contribution is 2.24. The Balaban J connectivity index is 1.32. The Morgan fingerprint density at radius 2 is 1.44 bits per heavy atom. The van der Waals surface area contributed by atoms with Crippen molar-refractivity contribution in [2.24, 2.45) is 0 Å². The van der Waals surface area contributed by atoms with Gasteiger partial charge in [-0.1, -0.05) is 28.1 Å². The van der Waals surface area contributed by atoms with Crippen LogP contribution >= 0.6 is 15.9 Å². The van der Waals surface area contributed by atoms with Gasteiger partial charge in [0.15, 0.2) is 6.61 Å². The zero-order chi connectivity index (χ0) is 24.3. The first kappa shape index (κ1) is 25.0. The van der Waals surface area contributed by atoms with Gasteiger partial charge < -0.3 is 20.1 Å². The molecule has 0 saturated carbocycles. The van der Waals surface area contributed by atoms with Crippen LogP contribution in [0.2, 0.25) is 0 Å². The zero-order valence-electron chi connectivity index (χ0n) is 18.7. The van der Waals surface area contributed by atoms with E-state index in [9.17, 15) is 14.4 Å². The van der Waals surface area contributed by atoms with Crippen molar-refractivity contribution in [1.29, 1.82) is 0 Å². The molecule has 3 rings (SSSR count). The fourth-order valence-electron chi connectivity index (χ4n) is 3.00. The zero-order valence-corrected chi connectivity index (χ0v) is 20.3. The molecule has 0 heterocycles. The van der Waals surface area contributed by atoms with E-state index in [1.807, 2.05) is 49.4 Å². The molecule has 0 saturated heterocycles. The quantitative estimate of drug-likeness (QED) is 0.325. The van der Waals surface area contributed by atoms with Gasteiger partial charge in [0.25, 0.3) is 5.91 Å². The third-order valence-corrected chi connectivity index (χ3v) is 5.17. The predicted octanol–water partition coefficient (Wildman–Crippen LogP) is 5.84. The Morgan fingerprint density at radius 3 is 2.12 bits per heavy atom. The van der Waals surface area contributed by atoms with E-state index in [4.69, 9.17) is 9.47 Å². The number of anilines is 2. The summed E-state index contributed by atoms with van der Waals surface area (Å²) in [6.45, 7) is 1.55. The van der Waals surface area contributed by atoms with Crippen molar-refractivity contribution in [3.63, 3.8) is 0 Å². The highest BCUT2D eigenvalue weighted by molar-refractivity contribution is 9.10. The number of halogens is 1. The van der Waals surface area contributed by atoms with Gasteiger partial charge in [0, 0.05) is 28.7 Å². The lowest BCUT2D eigenvalue weighted by Gasteiger charge is -2.09. The topological polar surface area (TPSA) is 93.7 Å². The van der Waals surface area contributed by atoms with Crippen molar-refractivity contribution in [1.82, 2.24) is 0 Å². The molecule has 0 aliphatic heterocycles. The second-order valence-corrected chi connectivity index (χ2v) is 8.48. The van der Waals surface area contributed by atoms with Gasteiger partial charge in [-0.15, -0.1) is 0 Å². The Bertz CT molecular complexity index is 1130. The number of carbonyl (C=O) groups is 3. The Kier molecular flexibility index (Phi) is 9.22. The van der Waals surface area contributed by atoms with E-state index in [1.165, 1.54) is 0 Å². The average molecular weight is 525 g/mol. The highest BCUT2D eigenvalue weighted by Gasteiger charge is 2.10. The number of carbonyl (C=O) groups excluding carboxylic acids is 3. The van der Waals surface area contributed by atoms with E-state index >= 15 is 0 Å². The van der Waals surface area contributed by atoms with E-state index in [-0.39, 0.29) is 25.4 Å². The molecule has 0 aliphatic rings. The van der Waals surface area contributed by atoms with Crippen LogP contribution in [-0.2, 0) is 19.1 Å². The molecule has 3 aromatic carbocycles. The van der Waals surface area contributed by atoms with Crippen LogP contribution in [0.1, 0.15) is 24.8 Å². The summed E-state index contributed by atoms with van der Waals surface area (Å²) in [6, 6.07) is 21.8. The largest absolute Gasteiger partial charge is 0.457 e. The number of hydrogen-bond donors (Lipinski definition) is 2. The summed E-state index contributed by atoms with van der Waals surface area (Å²) < 4.78 is 11.7. The molecule has 0 spiro atoms. The SMILES string of the molecule is Cc1cccc(NC(=O)COC(=O)CCCC(=O)Nc2ccc(Oc3ccc(Br)cc3)cc2)c1. The van der Waals surface area contributed by atoms with Crippen molar-refractivity contribution in [3.05, 3.63) is 82.8 Å². The molecule has 3 aromatic rings. The molecular formula is C26H25BrN2O5. The van der Waals surface area contributed by atoms with Crippen molar-refractivity contribution >= 4 is 45.1 Å². The van der Waals surface area contributed by atoms with Crippen LogP contribution in [0.5, 0.6) is 11.5 Å². The van der Waals surface area contributed by atoms with Crippen LogP contribution in [0.3, 0.4) is 0 Å². The number of hydrogen-bond acceptors (Lipinski definition) is 5. The molecule has 8 heteroatoms. The summed E-state index contributed by atoms with van der Waals surface area (Å²) >= 11 is 3.38. The number of amides is 2. The summed E-state index contributed by atoms with van der Waals surface area (Å²) in [5.74, 6) is 0.200. The van der Waals surface area contributed by atoms with Crippen LogP contribution in [0.15, 0.2) is 77.3 Å². The van der Waals surface area contributed by atoms with Gasteiger partial charge in [0.1, 0.15) is 11.5 Å². The van der Waals surface area contributed by atoms with Crippen molar-refractivity contribution in [2.45, 2.75) is 26.2 Å². The van der Waals surface area contributed by atoms with Gasteiger partial charge in [0.2, 0.25) is 5.91 Å². The first-order valence-electron chi connectivity index (χ1n) is 10.7. The smallest absolute Gasteiger partial charge is 0.306 e. The first-order valence-corrected chi connectivity index (χ1v) is 11.5. The average Bonchev–Trinajstić information content (AvgIpc) is 2.80. The third kappa shape index (κ3) is 8.71. The van der Waals surface area contributed by atoms with Gasteiger partial charge >= 0.3 is 5.97 Å². The predicted molar refractivity (Wildman–Crippen MR) is 134 cm³/mol. The highest BCUT2D eigenvalue weighted by atomic mass is 79.9. The molecule has 34 heavy (non-hydrogen) atoms. The molecular weight excluding hydrogens is 500 g/mol. The first-order chi connectivity index (χ1) is 16.4. The van der Waals surface area contributed by atoms with E-state index < -0.39 is 11.9 Å². The van der Waals surface area contributed by atoms with Crippen LogP contribution in [-0.4, -0.2) is 24.4 Å². The Hall–Kier alpha value is -3.65. The maximum Gasteiger partial charge on any atom is 0.306 e.